The smallest absolute Gasteiger partial charge is 0.102 e. The van der Waals surface area contributed by atoms with Crippen molar-refractivity contribution < 1.29 is 4.74 Å². The lowest BCUT2D eigenvalue weighted by Gasteiger charge is -2.48. The molecule has 0 aromatic carbocycles. The lowest BCUT2D eigenvalue weighted by atomic mass is 9.68. The van der Waals surface area contributed by atoms with E-state index in [0.717, 1.165) is 19.5 Å². The fraction of sp³-hybridized carbons (Fsp3) is 0.524. The Kier molecular flexibility index (Phi) is 3.62. The van der Waals surface area contributed by atoms with Crippen molar-refractivity contribution in [3.8, 4) is 0 Å². The molecule has 3 heteroatoms. The van der Waals surface area contributed by atoms with Gasteiger partial charge in [-0.15, -0.1) is 0 Å². The number of rotatable bonds is 1. The number of hydrogen-bond donors (Lipinski definition) is 0. The topological polar surface area (TPSA) is 15.7 Å². The summed E-state index contributed by atoms with van der Waals surface area (Å²) in [7, 11) is 2.23. The van der Waals surface area contributed by atoms with Gasteiger partial charge in [-0.3, -0.25) is 4.90 Å². The molecule has 2 aliphatic heterocycles. The molecule has 0 N–H and O–H groups in total. The van der Waals surface area contributed by atoms with Crippen LogP contribution in [-0.2, 0) is 4.74 Å². The largest absolute Gasteiger partial charge is 0.362 e. The number of hydrogen-bond acceptors (Lipinski definition) is 3. The van der Waals surface area contributed by atoms with E-state index in [2.05, 4.69) is 65.5 Å². The summed E-state index contributed by atoms with van der Waals surface area (Å²) in [4.78, 5) is 5.17. The first-order valence-corrected chi connectivity index (χ1v) is 9.33. The van der Waals surface area contributed by atoms with Gasteiger partial charge in [0.1, 0.15) is 6.10 Å². The average molecular weight is 322 g/mol. The Morgan fingerprint density at radius 2 is 1.75 bits per heavy atom. The summed E-state index contributed by atoms with van der Waals surface area (Å²) in [6.07, 6.45) is 19.8. The van der Waals surface area contributed by atoms with Gasteiger partial charge >= 0.3 is 0 Å². The molecule has 5 atom stereocenters. The van der Waals surface area contributed by atoms with Crippen molar-refractivity contribution in [2.75, 3.05) is 33.2 Å². The highest BCUT2D eigenvalue weighted by atomic mass is 16.5. The fourth-order valence-corrected chi connectivity index (χ4v) is 5.12. The first-order valence-electron chi connectivity index (χ1n) is 9.33. The number of nitrogens with zero attached hydrogens (tertiary/aromatic N) is 2. The van der Waals surface area contributed by atoms with Crippen molar-refractivity contribution in [1.82, 2.24) is 9.80 Å². The van der Waals surface area contributed by atoms with E-state index in [0.29, 0.717) is 24.0 Å². The molecule has 0 amide bonds. The van der Waals surface area contributed by atoms with Crippen LogP contribution in [0.2, 0.25) is 0 Å². The molecule has 24 heavy (non-hydrogen) atoms. The molecule has 3 nitrogen and oxygen atoms in total. The average Bonchev–Trinajstić information content (AvgIpc) is 2.98. The molecule has 1 saturated carbocycles. The maximum atomic E-state index is 6.45. The molecular weight excluding hydrogens is 296 g/mol. The second-order valence-corrected chi connectivity index (χ2v) is 7.73. The molecule has 1 saturated heterocycles. The first-order chi connectivity index (χ1) is 11.8. The van der Waals surface area contributed by atoms with E-state index in [1.54, 1.807) is 5.57 Å². The summed E-state index contributed by atoms with van der Waals surface area (Å²) in [6, 6.07) is 0.500. The minimum atomic E-state index is 0.179. The van der Waals surface area contributed by atoms with Crippen molar-refractivity contribution in [2.45, 2.75) is 24.7 Å². The van der Waals surface area contributed by atoms with Crippen LogP contribution in [0.5, 0.6) is 0 Å². The van der Waals surface area contributed by atoms with Gasteiger partial charge in [0.15, 0.2) is 0 Å². The van der Waals surface area contributed by atoms with E-state index in [-0.39, 0.29) is 6.10 Å². The lowest BCUT2D eigenvalue weighted by molar-refractivity contribution is 0.0164. The highest BCUT2D eigenvalue weighted by molar-refractivity contribution is 5.47. The second-order valence-electron chi connectivity index (χ2n) is 7.73. The Balaban J connectivity index is 1.56. The lowest BCUT2D eigenvalue weighted by Crippen LogP contribution is -2.56. The Morgan fingerprint density at radius 3 is 2.62 bits per heavy atom. The molecule has 2 heterocycles. The van der Waals surface area contributed by atoms with Gasteiger partial charge in [0.25, 0.3) is 0 Å². The van der Waals surface area contributed by atoms with Gasteiger partial charge in [-0.25, -0.2) is 0 Å². The molecular formula is C21H26N2O. The summed E-state index contributed by atoms with van der Waals surface area (Å²) < 4.78 is 6.45. The Hall–Kier alpha value is -1.42. The summed E-state index contributed by atoms with van der Waals surface area (Å²) in [5.74, 6) is 1.21. The van der Waals surface area contributed by atoms with Crippen molar-refractivity contribution in [1.29, 1.82) is 0 Å². The van der Waals surface area contributed by atoms with Gasteiger partial charge < -0.3 is 9.64 Å². The molecule has 0 aromatic heterocycles. The molecule has 5 unspecified atom stereocenters. The number of ether oxygens (including phenoxy) is 1. The molecule has 5 rings (SSSR count). The van der Waals surface area contributed by atoms with Crippen molar-refractivity contribution >= 4 is 0 Å². The summed E-state index contributed by atoms with van der Waals surface area (Å²) in [5.41, 5.74) is 3.01. The van der Waals surface area contributed by atoms with Crippen molar-refractivity contribution in [3.63, 3.8) is 0 Å². The van der Waals surface area contributed by atoms with Crippen LogP contribution < -0.4 is 0 Å². The third kappa shape index (κ3) is 2.30. The van der Waals surface area contributed by atoms with Crippen molar-refractivity contribution in [3.05, 3.63) is 59.8 Å². The maximum absolute atomic E-state index is 6.45. The number of fused-ring (bicyclic) bond motifs is 3. The third-order valence-corrected chi connectivity index (χ3v) is 6.37. The standard InChI is InChI=1S/C21H26N2O/c1-22-10-12-23(13-11-22)21-16-7-3-2-6-15(16)14-19-20(21)17-8-4-5-9-18(17)24-19/h2-9,15-16,18-19,21H,10-14H2,1H3. The van der Waals surface area contributed by atoms with E-state index in [1.165, 1.54) is 18.7 Å². The quantitative estimate of drug-likeness (QED) is 0.738. The molecule has 126 valence electrons. The SMILES string of the molecule is CN1CCN(C2C3=C4C=CC=CC4OC3CC3C=CC=CC32)CC1. The van der Waals surface area contributed by atoms with E-state index < -0.39 is 0 Å². The Labute approximate surface area is 144 Å². The molecule has 3 aliphatic carbocycles. The zero-order valence-electron chi connectivity index (χ0n) is 14.3. The van der Waals surface area contributed by atoms with Crippen LogP contribution >= 0.6 is 0 Å². The minimum absolute atomic E-state index is 0.179. The molecule has 0 aromatic rings. The monoisotopic (exact) mass is 322 g/mol. The van der Waals surface area contributed by atoms with E-state index in [4.69, 9.17) is 4.74 Å². The van der Waals surface area contributed by atoms with Gasteiger partial charge in [-0.1, -0.05) is 48.6 Å². The molecule has 0 radical (unpaired) electrons. The fourth-order valence-electron chi connectivity index (χ4n) is 5.12. The van der Waals surface area contributed by atoms with Crippen LogP contribution in [0.4, 0.5) is 0 Å². The van der Waals surface area contributed by atoms with Gasteiger partial charge in [-0.2, -0.15) is 0 Å². The molecule has 0 spiro atoms. The van der Waals surface area contributed by atoms with Gasteiger partial charge in [-0.05, 0) is 30.5 Å². The van der Waals surface area contributed by atoms with E-state index >= 15 is 0 Å². The van der Waals surface area contributed by atoms with Crippen LogP contribution in [0.3, 0.4) is 0 Å². The number of likely N-dealkylation sites (N-methyl/N-ethyl adjacent to an activating group) is 1. The predicted molar refractivity (Wildman–Crippen MR) is 96.7 cm³/mol. The van der Waals surface area contributed by atoms with Crippen LogP contribution in [0, 0.1) is 11.8 Å². The van der Waals surface area contributed by atoms with Crippen LogP contribution in [0.25, 0.3) is 0 Å². The molecule has 0 bridgehead atoms. The Morgan fingerprint density at radius 1 is 0.958 bits per heavy atom. The summed E-state index contributed by atoms with van der Waals surface area (Å²) >= 11 is 0. The van der Waals surface area contributed by atoms with E-state index in [1.807, 2.05) is 0 Å². The van der Waals surface area contributed by atoms with Gasteiger partial charge in [0.05, 0.1) is 6.10 Å². The Bertz CT molecular complexity index is 663. The predicted octanol–water partition coefficient (Wildman–Crippen LogP) is 2.55. The van der Waals surface area contributed by atoms with Crippen LogP contribution in [0.1, 0.15) is 6.42 Å². The zero-order valence-corrected chi connectivity index (χ0v) is 14.3. The normalized spacial score (nSPS) is 41.5. The maximum Gasteiger partial charge on any atom is 0.102 e. The van der Waals surface area contributed by atoms with E-state index in [9.17, 15) is 0 Å². The number of piperazine rings is 1. The number of allylic oxidation sites excluding steroid dienone is 5. The molecule has 2 fully saturated rings. The highest BCUT2D eigenvalue weighted by Crippen LogP contribution is 2.47. The summed E-state index contributed by atoms with van der Waals surface area (Å²) in [5, 5.41) is 0. The van der Waals surface area contributed by atoms with Gasteiger partial charge in [0, 0.05) is 38.1 Å². The van der Waals surface area contributed by atoms with Crippen LogP contribution in [0.15, 0.2) is 59.8 Å². The molecule has 5 aliphatic rings. The van der Waals surface area contributed by atoms with Crippen LogP contribution in [-0.4, -0.2) is 61.3 Å². The minimum Gasteiger partial charge on any atom is -0.362 e. The zero-order chi connectivity index (χ0) is 16.1. The highest BCUT2D eigenvalue weighted by Gasteiger charge is 2.48. The van der Waals surface area contributed by atoms with Crippen molar-refractivity contribution in [2.24, 2.45) is 11.8 Å². The summed E-state index contributed by atoms with van der Waals surface area (Å²) in [6.45, 7) is 4.66. The van der Waals surface area contributed by atoms with Gasteiger partial charge in [0.2, 0.25) is 0 Å². The third-order valence-electron chi connectivity index (χ3n) is 6.37. The first kappa shape index (κ1) is 14.9. The second kappa shape index (κ2) is 5.83.